The minimum atomic E-state index is -0.0684. The highest BCUT2D eigenvalue weighted by molar-refractivity contribution is 9.10. The van der Waals surface area contributed by atoms with Crippen molar-refractivity contribution in [2.45, 2.75) is 45.1 Å². The van der Waals surface area contributed by atoms with Crippen LogP contribution in [0.2, 0.25) is 0 Å². The van der Waals surface area contributed by atoms with Crippen LogP contribution in [0.25, 0.3) is 0 Å². The molecule has 21 heavy (non-hydrogen) atoms. The fraction of sp³-hybridized carbons (Fsp3) is 0.733. The van der Waals surface area contributed by atoms with Crippen molar-refractivity contribution in [1.82, 2.24) is 9.97 Å². The van der Waals surface area contributed by atoms with Gasteiger partial charge in [-0.25, -0.2) is 9.97 Å². The third-order valence-electron chi connectivity index (χ3n) is 3.56. The number of aromatic nitrogens is 2. The highest BCUT2D eigenvalue weighted by atomic mass is 79.9. The van der Waals surface area contributed by atoms with Crippen molar-refractivity contribution >= 4 is 21.7 Å². The topological polar surface area (TPSA) is 58.5 Å². The third kappa shape index (κ3) is 4.63. The molecule has 1 aromatic heterocycles. The Hall–Kier alpha value is -0.720. The SMILES string of the molecule is CC(C)(C)c1nc(Br)cc(N2CCC(OCCO)CC2)n1. The van der Waals surface area contributed by atoms with E-state index >= 15 is 0 Å². The first kappa shape index (κ1) is 16.6. The summed E-state index contributed by atoms with van der Waals surface area (Å²) in [7, 11) is 0. The molecule has 0 atom stereocenters. The average Bonchev–Trinajstić information content (AvgIpc) is 2.44. The molecule has 2 rings (SSSR count). The summed E-state index contributed by atoms with van der Waals surface area (Å²) >= 11 is 3.49. The van der Waals surface area contributed by atoms with Gasteiger partial charge in [-0.2, -0.15) is 0 Å². The first-order chi connectivity index (χ1) is 9.90. The van der Waals surface area contributed by atoms with Crippen LogP contribution in [0.1, 0.15) is 39.4 Å². The molecule has 0 spiro atoms. The van der Waals surface area contributed by atoms with Crippen molar-refractivity contribution in [1.29, 1.82) is 0 Å². The minimum absolute atomic E-state index is 0.0684. The number of ether oxygens (including phenoxy) is 1. The lowest BCUT2D eigenvalue weighted by Gasteiger charge is -2.33. The molecule has 1 aromatic rings. The van der Waals surface area contributed by atoms with Gasteiger partial charge in [-0.15, -0.1) is 0 Å². The van der Waals surface area contributed by atoms with Crippen molar-refractivity contribution in [3.8, 4) is 0 Å². The van der Waals surface area contributed by atoms with Gasteiger partial charge in [0.25, 0.3) is 0 Å². The molecule has 0 radical (unpaired) electrons. The molecule has 0 aromatic carbocycles. The van der Waals surface area contributed by atoms with Crippen LogP contribution in [0.15, 0.2) is 10.7 Å². The van der Waals surface area contributed by atoms with Crippen LogP contribution in [-0.4, -0.2) is 47.5 Å². The normalized spacial score (nSPS) is 17.3. The van der Waals surface area contributed by atoms with E-state index in [1.165, 1.54) is 0 Å². The summed E-state index contributed by atoms with van der Waals surface area (Å²) in [6.45, 7) is 8.72. The maximum Gasteiger partial charge on any atom is 0.137 e. The van der Waals surface area contributed by atoms with Gasteiger partial charge in [0.15, 0.2) is 0 Å². The molecule has 1 N–H and O–H groups in total. The van der Waals surface area contributed by atoms with E-state index in [-0.39, 0.29) is 18.1 Å². The number of halogens is 1. The molecular formula is C15H24BrN3O2. The second-order valence-electron chi connectivity index (χ2n) is 6.40. The zero-order valence-electron chi connectivity index (χ0n) is 13.0. The number of rotatable bonds is 4. The van der Waals surface area contributed by atoms with E-state index in [0.29, 0.717) is 6.61 Å². The number of anilines is 1. The first-order valence-electron chi connectivity index (χ1n) is 7.42. The molecule has 1 aliphatic rings. The summed E-state index contributed by atoms with van der Waals surface area (Å²) in [4.78, 5) is 11.5. The number of aliphatic hydroxyl groups excluding tert-OH is 1. The molecule has 118 valence electrons. The number of nitrogens with zero attached hydrogens (tertiary/aromatic N) is 3. The standard InChI is InChI=1S/C15H24BrN3O2/c1-15(2,3)14-17-12(16)10-13(18-14)19-6-4-11(5-7-19)21-9-8-20/h10-11,20H,4-9H2,1-3H3. The van der Waals surface area contributed by atoms with Crippen LogP contribution < -0.4 is 4.90 Å². The van der Waals surface area contributed by atoms with Crippen LogP contribution in [-0.2, 0) is 10.2 Å². The fourth-order valence-electron chi connectivity index (χ4n) is 2.37. The van der Waals surface area contributed by atoms with Crippen LogP contribution in [0.4, 0.5) is 5.82 Å². The lowest BCUT2D eigenvalue weighted by Crippen LogP contribution is -2.38. The molecule has 1 fully saturated rings. The first-order valence-corrected chi connectivity index (χ1v) is 8.22. The predicted molar refractivity (Wildman–Crippen MR) is 86.7 cm³/mol. The Balaban J connectivity index is 2.05. The molecule has 0 aliphatic carbocycles. The van der Waals surface area contributed by atoms with Gasteiger partial charge in [-0.05, 0) is 28.8 Å². The van der Waals surface area contributed by atoms with Crippen molar-refractivity contribution in [2.75, 3.05) is 31.2 Å². The van der Waals surface area contributed by atoms with E-state index in [9.17, 15) is 0 Å². The van der Waals surface area contributed by atoms with Gasteiger partial charge in [0.05, 0.1) is 19.3 Å². The van der Waals surface area contributed by atoms with Gasteiger partial charge in [0.1, 0.15) is 16.2 Å². The maximum absolute atomic E-state index is 8.81. The smallest absolute Gasteiger partial charge is 0.137 e. The monoisotopic (exact) mass is 357 g/mol. The summed E-state index contributed by atoms with van der Waals surface area (Å²) in [6, 6.07) is 1.98. The molecule has 1 aliphatic heterocycles. The summed E-state index contributed by atoms with van der Waals surface area (Å²) in [6.07, 6.45) is 2.18. The summed E-state index contributed by atoms with van der Waals surface area (Å²) in [5.41, 5.74) is -0.0684. The van der Waals surface area contributed by atoms with Gasteiger partial charge in [-0.3, -0.25) is 0 Å². The van der Waals surface area contributed by atoms with Gasteiger partial charge in [-0.1, -0.05) is 20.8 Å². The van der Waals surface area contributed by atoms with E-state index in [0.717, 1.165) is 42.2 Å². The molecule has 1 saturated heterocycles. The summed E-state index contributed by atoms with van der Waals surface area (Å²) in [5.74, 6) is 1.83. The fourth-order valence-corrected chi connectivity index (χ4v) is 2.75. The Kier molecular flexibility index (Phi) is 5.57. The number of piperidine rings is 1. The van der Waals surface area contributed by atoms with Gasteiger partial charge in [0, 0.05) is 24.6 Å². The Morgan fingerprint density at radius 2 is 2.00 bits per heavy atom. The van der Waals surface area contributed by atoms with Crippen molar-refractivity contribution in [2.24, 2.45) is 0 Å². The number of aliphatic hydroxyl groups is 1. The molecule has 5 nitrogen and oxygen atoms in total. The molecular weight excluding hydrogens is 334 g/mol. The Morgan fingerprint density at radius 1 is 1.33 bits per heavy atom. The molecule has 0 unspecified atom stereocenters. The zero-order valence-corrected chi connectivity index (χ0v) is 14.6. The Morgan fingerprint density at radius 3 is 2.57 bits per heavy atom. The minimum Gasteiger partial charge on any atom is -0.394 e. The van der Waals surface area contributed by atoms with E-state index in [4.69, 9.17) is 14.8 Å². The maximum atomic E-state index is 8.81. The quantitative estimate of drug-likeness (QED) is 0.839. The van der Waals surface area contributed by atoms with Gasteiger partial charge >= 0.3 is 0 Å². The third-order valence-corrected chi connectivity index (χ3v) is 3.97. The lowest BCUT2D eigenvalue weighted by atomic mass is 9.96. The molecule has 0 bridgehead atoms. The van der Waals surface area contributed by atoms with Crippen molar-refractivity contribution < 1.29 is 9.84 Å². The van der Waals surface area contributed by atoms with E-state index in [1.54, 1.807) is 0 Å². The van der Waals surface area contributed by atoms with Crippen molar-refractivity contribution in [3.05, 3.63) is 16.5 Å². The highest BCUT2D eigenvalue weighted by Crippen LogP contribution is 2.26. The van der Waals surface area contributed by atoms with Crippen LogP contribution in [0.5, 0.6) is 0 Å². The van der Waals surface area contributed by atoms with Crippen LogP contribution in [0.3, 0.4) is 0 Å². The Bertz CT molecular complexity index is 468. The predicted octanol–water partition coefficient (Wildman–Crippen LogP) is 2.51. The molecule has 2 heterocycles. The lowest BCUT2D eigenvalue weighted by molar-refractivity contribution is 0.0158. The second kappa shape index (κ2) is 7.03. The largest absolute Gasteiger partial charge is 0.394 e. The van der Waals surface area contributed by atoms with Crippen LogP contribution >= 0.6 is 15.9 Å². The summed E-state index contributed by atoms with van der Waals surface area (Å²) in [5, 5.41) is 8.81. The average molecular weight is 358 g/mol. The van der Waals surface area contributed by atoms with Crippen LogP contribution in [0, 0.1) is 0 Å². The molecule has 0 amide bonds. The van der Waals surface area contributed by atoms with E-state index < -0.39 is 0 Å². The highest BCUT2D eigenvalue weighted by Gasteiger charge is 2.24. The van der Waals surface area contributed by atoms with Crippen molar-refractivity contribution in [3.63, 3.8) is 0 Å². The molecule has 6 heteroatoms. The Labute approximate surface area is 134 Å². The second-order valence-corrected chi connectivity index (χ2v) is 7.22. The van der Waals surface area contributed by atoms with E-state index in [1.807, 2.05) is 6.07 Å². The number of hydrogen-bond acceptors (Lipinski definition) is 5. The zero-order chi connectivity index (χ0) is 15.5. The van der Waals surface area contributed by atoms with E-state index in [2.05, 4.69) is 46.6 Å². The van der Waals surface area contributed by atoms with Gasteiger partial charge in [0.2, 0.25) is 0 Å². The molecule has 0 saturated carbocycles. The van der Waals surface area contributed by atoms with Gasteiger partial charge < -0.3 is 14.7 Å². The summed E-state index contributed by atoms with van der Waals surface area (Å²) < 4.78 is 6.43. The number of hydrogen-bond donors (Lipinski definition) is 1.